The molecule has 1 aliphatic carbocycles. The smallest absolute Gasteiger partial charge is 0.0633 e. The van der Waals surface area contributed by atoms with Gasteiger partial charge in [0.2, 0.25) is 0 Å². The number of anilines is 2. The summed E-state index contributed by atoms with van der Waals surface area (Å²) in [6.07, 6.45) is 7.89. The van der Waals surface area contributed by atoms with Gasteiger partial charge >= 0.3 is 0 Å². The molecule has 1 atom stereocenters. The molecule has 10 aromatic carbocycles. The second-order valence-electron chi connectivity index (χ2n) is 15.5. The Morgan fingerprint density at radius 3 is 1.75 bits per heavy atom. The van der Waals surface area contributed by atoms with Gasteiger partial charge in [-0.2, -0.15) is 0 Å². The zero-order valence-corrected chi connectivity index (χ0v) is 31.4. The third-order valence-electron chi connectivity index (χ3n) is 12.5. The number of allylic oxidation sites excluding steroid dienone is 2. The Morgan fingerprint density at radius 2 is 1.00 bits per heavy atom. The van der Waals surface area contributed by atoms with Crippen LogP contribution in [0.15, 0.2) is 206 Å². The Kier molecular flexibility index (Phi) is 7.12. The molecule has 10 aromatic rings. The van der Waals surface area contributed by atoms with E-state index in [9.17, 15) is 0 Å². The minimum Gasteiger partial charge on any atom is -0.333 e. The van der Waals surface area contributed by atoms with Crippen LogP contribution in [-0.4, -0.2) is 6.04 Å². The number of para-hydroxylation sites is 1. The fraction of sp³-hybridized carbons (Fsp3) is 0.0357. The number of benzene rings is 10. The minimum atomic E-state index is 0.289. The highest BCUT2D eigenvalue weighted by Crippen LogP contribution is 2.52. The molecule has 0 aromatic heterocycles. The maximum absolute atomic E-state index is 2.55. The van der Waals surface area contributed by atoms with Gasteiger partial charge in [-0.15, -0.1) is 0 Å². The van der Waals surface area contributed by atoms with Crippen molar-refractivity contribution in [2.75, 3.05) is 4.90 Å². The standard InChI is InChI=1S/C56H37N/c1-3-15-36(16-4-1)53-45-21-9-11-23-47(45)55(48-24-12-10-22-46(48)53)50-35-41(34-39-17-7-8-20-43(39)50)38-29-31-44-40(33-38)28-27-37-30-32-52-56(54(37)44)49-25-13-14-26-51(49)57(52)42-18-5-2-6-19-42/h1-25,27-35,51H,26H2. The van der Waals surface area contributed by atoms with Crippen molar-refractivity contribution >= 4 is 70.8 Å². The highest BCUT2D eigenvalue weighted by atomic mass is 15.2. The Balaban J connectivity index is 1.08. The molecule has 266 valence electrons. The summed E-state index contributed by atoms with van der Waals surface area (Å²) in [5.41, 5.74) is 12.8. The van der Waals surface area contributed by atoms with Crippen LogP contribution < -0.4 is 4.90 Å². The number of hydrogen-bond acceptors (Lipinski definition) is 1. The zero-order valence-electron chi connectivity index (χ0n) is 31.4. The Morgan fingerprint density at radius 1 is 0.404 bits per heavy atom. The molecule has 0 bridgehead atoms. The summed E-state index contributed by atoms with van der Waals surface area (Å²) < 4.78 is 0. The Hall–Kier alpha value is -7.22. The maximum atomic E-state index is 2.55. The monoisotopic (exact) mass is 723 g/mol. The van der Waals surface area contributed by atoms with Gasteiger partial charge in [0.15, 0.2) is 0 Å². The van der Waals surface area contributed by atoms with Crippen LogP contribution in [0.25, 0.3) is 92.8 Å². The van der Waals surface area contributed by atoms with Crippen molar-refractivity contribution in [3.63, 3.8) is 0 Å². The molecule has 0 radical (unpaired) electrons. The first kappa shape index (κ1) is 32.1. The summed E-state index contributed by atoms with van der Waals surface area (Å²) in [6, 6.07) is 70.1. The molecule has 0 fully saturated rings. The van der Waals surface area contributed by atoms with Crippen LogP contribution in [0.2, 0.25) is 0 Å². The molecule has 0 amide bonds. The van der Waals surface area contributed by atoms with E-state index >= 15 is 0 Å². The highest BCUT2D eigenvalue weighted by molar-refractivity contribution is 6.24. The topological polar surface area (TPSA) is 3.24 Å². The van der Waals surface area contributed by atoms with Gasteiger partial charge in [0, 0.05) is 11.3 Å². The summed E-state index contributed by atoms with van der Waals surface area (Å²) >= 11 is 0. The normalized spacial score (nSPS) is 14.8. The van der Waals surface area contributed by atoms with Gasteiger partial charge < -0.3 is 4.90 Å². The van der Waals surface area contributed by atoms with E-state index in [1.165, 1.54) is 110 Å². The summed E-state index contributed by atoms with van der Waals surface area (Å²) in [7, 11) is 0. The molecular formula is C56H37N. The van der Waals surface area contributed by atoms with Gasteiger partial charge in [0.1, 0.15) is 0 Å². The van der Waals surface area contributed by atoms with Crippen molar-refractivity contribution < 1.29 is 0 Å². The number of hydrogen-bond donors (Lipinski definition) is 0. The molecule has 1 unspecified atom stereocenters. The van der Waals surface area contributed by atoms with Crippen LogP contribution in [0.1, 0.15) is 12.0 Å². The van der Waals surface area contributed by atoms with Gasteiger partial charge in [0.25, 0.3) is 0 Å². The van der Waals surface area contributed by atoms with E-state index in [4.69, 9.17) is 0 Å². The van der Waals surface area contributed by atoms with E-state index in [1.54, 1.807) is 0 Å². The van der Waals surface area contributed by atoms with Crippen LogP contribution in [0, 0.1) is 0 Å². The molecule has 57 heavy (non-hydrogen) atoms. The first-order valence-electron chi connectivity index (χ1n) is 20.0. The average Bonchev–Trinajstić information content (AvgIpc) is 3.62. The number of rotatable bonds is 4. The van der Waals surface area contributed by atoms with E-state index < -0.39 is 0 Å². The van der Waals surface area contributed by atoms with Crippen LogP contribution >= 0.6 is 0 Å². The predicted molar refractivity (Wildman–Crippen MR) is 244 cm³/mol. The zero-order chi connectivity index (χ0) is 37.5. The average molecular weight is 724 g/mol. The number of fused-ring (bicyclic) bond motifs is 10. The van der Waals surface area contributed by atoms with E-state index in [0.29, 0.717) is 0 Å². The Labute approximate surface area is 332 Å². The summed E-state index contributed by atoms with van der Waals surface area (Å²) in [4.78, 5) is 2.55. The molecule has 1 heterocycles. The van der Waals surface area contributed by atoms with Crippen LogP contribution in [0.4, 0.5) is 11.4 Å². The summed E-state index contributed by atoms with van der Waals surface area (Å²) in [5.74, 6) is 0. The van der Waals surface area contributed by atoms with Crippen LogP contribution in [-0.2, 0) is 0 Å². The van der Waals surface area contributed by atoms with Crippen LogP contribution in [0.5, 0.6) is 0 Å². The van der Waals surface area contributed by atoms with E-state index in [-0.39, 0.29) is 6.04 Å². The lowest BCUT2D eigenvalue weighted by Crippen LogP contribution is -2.26. The van der Waals surface area contributed by atoms with E-state index in [0.717, 1.165) is 6.42 Å². The van der Waals surface area contributed by atoms with Crippen molar-refractivity contribution in [3.8, 4) is 33.4 Å². The van der Waals surface area contributed by atoms with E-state index in [1.807, 2.05) is 0 Å². The molecule has 1 heteroatoms. The van der Waals surface area contributed by atoms with Gasteiger partial charge in [-0.25, -0.2) is 0 Å². The maximum Gasteiger partial charge on any atom is 0.0633 e. The molecular weight excluding hydrogens is 687 g/mol. The molecule has 0 spiro atoms. The first-order chi connectivity index (χ1) is 28.3. The molecule has 0 N–H and O–H groups in total. The molecule has 1 aliphatic heterocycles. The first-order valence-corrected chi connectivity index (χ1v) is 20.0. The minimum absolute atomic E-state index is 0.289. The third kappa shape index (κ3) is 4.89. The fourth-order valence-electron chi connectivity index (χ4n) is 10.0. The third-order valence-corrected chi connectivity index (χ3v) is 12.5. The van der Waals surface area contributed by atoms with Crippen molar-refractivity contribution in [2.45, 2.75) is 12.5 Å². The van der Waals surface area contributed by atoms with Crippen molar-refractivity contribution in [1.29, 1.82) is 0 Å². The molecule has 2 aliphatic rings. The second kappa shape index (κ2) is 12.7. The molecule has 0 saturated carbocycles. The summed E-state index contributed by atoms with van der Waals surface area (Å²) in [5, 5.41) is 12.8. The molecule has 0 saturated heterocycles. The van der Waals surface area contributed by atoms with Gasteiger partial charge in [0.05, 0.1) is 11.7 Å². The second-order valence-corrected chi connectivity index (χ2v) is 15.5. The lowest BCUT2D eigenvalue weighted by molar-refractivity contribution is 0.829. The van der Waals surface area contributed by atoms with Crippen molar-refractivity contribution in [2.24, 2.45) is 0 Å². The van der Waals surface area contributed by atoms with Crippen molar-refractivity contribution in [1.82, 2.24) is 0 Å². The highest BCUT2D eigenvalue weighted by Gasteiger charge is 2.36. The van der Waals surface area contributed by atoms with Gasteiger partial charge in [-0.3, -0.25) is 0 Å². The van der Waals surface area contributed by atoms with E-state index in [2.05, 4.69) is 211 Å². The summed E-state index contributed by atoms with van der Waals surface area (Å²) in [6.45, 7) is 0. The molecule has 12 rings (SSSR count). The Bertz CT molecular complexity index is 3260. The van der Waals surface area contributed by atoms with Crippen LogP contribution in [0.3, 0.4) is 0 Å². The lowest BCUT2D eigenvalue weighted by Gasteiger charge is -2.28. The predicted octanol–water partition coefficient (Wildman–Crippen LogP) is 15.3. The largest absolute Gasteiger partial charge is 0.333 e. The number of nitrogens with zero attached hydrogens (tertiary/aromatic N) is 1. The SMILES string of the molecule is C1=CCC2C(=C1)c1c(ccc3ccc4cc(-c5cc(-c6c7ccccc7c(-c7ccccc7)c7ccccc67)c6ccccc6c5)ccc4c13)N2c1ccccc1. The lowest BCUT2D eigenvalue weighted by atomic mass is 9.83. The fourth-order valence-corrected chi connectivity index (χ4v) is 10.0. The molecule has 1 nitrogen and oxygen atoms in total. The van der Waals surface area contributed by atoms with Crippen molar-refractivity contribution in [3.05, 3.63) is 212 Å². The van der Waals surface area contributed by atoms with Gasteiger partial charge in [-0.1, -0.05) is 170 Å². The van der Waals surface area contributed by atoms with Gasteiger partial charge in [-0.05, 0) is 136 Å². The quantitative estimate of drug-likeness (QED) is 0.129.